The van der Waals surface area contributed by atoms with Gasteiger partial charge >= 0.3 is 0 Å². The smallest absolute Gasteiger partial charge is 0.107 e. The molecular formula is C32H30N6O2. The maximum absolute atomic E-state index is 9.52. The fourth-order valence-corrected chi connectivity index (χ4v) is 5.18. The van der Waals surface area contributed by atoms with Crippen LogP contribution in [-0.4, -0.2) is 29.1 Å². The molecule has 200 valence electrons. The molecule has 5 aromatic carbocycles. The molecule has 1 aliphatic heterocycles. The maximum Gasteiger partial charge on any atom is 0.107 e. The number of hydrogen-bond donors (Lipinski definition) is 4. The van der Waals surface area contributed by atoms with Crippen LogP contribution in [0.1, 0.15) is 18.9 Å². The molecular weight excluding hydrogens is 500 g/mol. The van der Waals surface area contributed by atoms with Crippen LogP contribution < -0.4 is 10.6 Å². The van der Waals surface area contributed by atoms with E-state index < -0.39 is 5.66 Å². The first-order chi connectivity index (χ1) is 19.6. The first-order valence-electron chi connectivity index (χ1n) is 13.3. The van der Waals surface area contributed by atoms with Gasteiger partial charge in [0.05, 0.1) is 22.7 Å². The quantitative estimate of drug-likeness (QED) is 0.151. The van der Waals surface area contributed by atoms with Gasteiger partial charge in [-0.1, -0.05) is 48.5 Å². The van der Waals surface area contributed by atoms with Crippen molar-refractivity contribution >= 4 is 55.7 Å². The Morgan fingerprint density at radius 1 is 0.600 bits per heavy atom. The zero-order valence-corrected chi connectivity index (χ0v) is 22.2. The summed E-state index contributed by atoms with van der Waals surface area (Å²) in [6.07, 6.45) is 1.20. The lowest BCUT2D eigenvalue weighted by Gasteiger charge is -2.38. The number of azo groups is 2. The Labute approximate surface area is 232 Å². The third kappa shape index (κ3) is 5.02. The van der Waals surface area contributed by atoms with Gasteiger partial charge in [0, 0.05) is 52.6 Å². The van der Waals surface area contributed by atoms with E-state index in [1.165, 1.54) is 0 Å². The molecule has 6 rings (SSSR count). The fraction of sp³-hybridized carbons (Fsp3) is 0.188. The highest BCUT2D eigenvalue weighted by Gasteiger charge is 2.29. The van der Waals surface area contributed by atoms with Crippen molar-refractivity contribution in [3.63, 3.8) is 0 Å². The molecule has 8 nitrogen and oxygen atoms in total. The van der Waals surface area contributed by atoms with Crippen molar-refractivity contribution in [2.24, 2.45) is 20.5 Å². The summed E-state index contributed by atoms with van der Waals surface area (Å²) in [6.45, 7) is 2.25. The number of fused-ring (bicyclic) bond motifs is 1. The highest BCUT2D eigenvalue weighted by Crippen LogP contribution is 2.43. The van der Waals surface area contributed by atoms with Gasteiger partial charge < -0.3 is 20.8 Å². The van der Waals surface area contributed by atoms with Crippen molar-refractivity contribution in [1.82, 2.24) is 0 Å². The number of anilines is 2. The van der Waals surface area contributed by atoms with Crippen LogP contribution in [0.2, 0.25) is 0 Å². The zero-order valence-electron chi connectivity index (χ0n) is 22.2. The minimum absolute atomic E-state index is 0.0841. The Balaban J connectivity index is 1.32. The molecule has 0 saturated heterocycles. The minimum atomic E-state index is -0.430. The van der Waals surface area contributed by atoms with Gasteiger partial charge in [0.1, 0.15) is 5.66 Å². The summed E-state index contributed by atoms with van der Waals surface area (Å²) < 4.78 is 0. The average Bonchev–Trinajstić information content (AvgIpc) is 2.97. The van der Waals surface area contributed by atoms with Crippen LogP contribution >= 0.6 is 0 Å². The minimum Gasteiger partial charge on any atom is -0.396 e. The van der Waals surface area contributed by atoms with E-state index in [0.717, 1.165) is 61.2 Å². The standard InChI is InChI=1S/C32H30N6O2/c1-32(18-20-40)33-29-8-4-7-25-28(15-16-30(34-32)31(25)29)38-37-27-14-13-26(23-5-2-3-6-24(23)27)36-35-22-11-9-21(10-12-22)17-19-39/h2-16,33-34,39-40H,17-20H2,1H3. The molecule has 8 heteroatoms. The Kier molecular flexibility index (Phi) is 6.94. The summed E-state index contributed by atoms with van der Waals surface area (Å²) in [5.74, 6) is 0. The molecule has 4 N–H and O–H groups in total. The number of benzene rings is 5. The zero-order chi connectivity index (χ0) is 27.5. The van der Waals surface area contributed by atoms with E-state index in [9.17, 15) is 5.11 Å². The molecule has 0 saturated carbocycles. The molecule has 5 aromatic rings. The largest absolute Gasteiger partial charge is 0.396 e. The number of aliphatic hydroxyl groups is 2. The maximum atomic E-state index is 9.52. The lowest BCUT2D eigenvalue weighted by molar-refractivity contribution is 0.263. The molecule has 0 aliphatic carbocycles. The predicted octanol–water partition coefficient (Wildman–Crippen LogP) is 8.29. The third-order valence-electron chi connectivity index (χ3n) is 7.20. The first-order valence-corrected chi connectivity index (χ1v) is 13.3. The van der Waals surface area contributed by atoms with E-state index in [4.69, 9.17) is 5.11 Å². The molecule has 0 aromatic heterocycles. The third-order valence-corrected chi connectivity index (χ3v) is 7.20. The molecule has 1 atom stereocenters. The van der Waals surface area contributed by atoms with Crippen molar-refractivity contribution in [3.05, 3.63) is 96.6 Å². The molecule has 40 heavy (non-hydrogen) atoms. The van der Waals surface area contributed by atoms with Crippen molar-refractivity contribution in [1.29, 1.82) is 0 Å². The van der Waals surface area contributed by atoms with Crippen LogP contribution in [0.5, 0.6) is 0 Å². The number of nitrogens with one attached hydrogen (secondary N) is 2. The van der Waals surface area contributed by atoms with E-state index in [-0.39, 0.29) is 13.2 Å². The van der Waals surface area contributed by atoms with Crippen molar-refractivity contribution in [3.8, 4) is 0 Å². The highest BCUT2D eigenvalue weighted by atomic mass is 16.3. The van der Waals surface area contributed by atoms with Crippen LogP contribution in [0.4, 0.5) is 34.1 Å². The van der Waals surface area contributed by atoms with Gasteiger partial charge in [-0.3, -0.25) is 0 Å². The Morgan fingerprint density at radius 3 is 1.82 bits per heavy atom. The van der Waals surface area contributed by atoms with E-state index in [1.54, 1.807) is 0 Å². The molecule has 1 heterocycles. The summed E-state index contributed by atoms with van der Waals surface area (Å²) in [6, 6.07) is 29.6. The molecule has 1 unspecified atom stereocenters. The fourth-order valence-electron chi connectivity index (χ4n) is 5.18. The summed E-state index contributed by atoms with van der Waals surface area (Å²) in [5.41, 5.74) is 5.65. The van der Waals surface area contributed by atoms with Gasteiger partial charge in [-0.2, -0.15) is 5.11 Å². The SMILES string of the molecule is CC1(CCO)Nc2cccc3c(N=Nc4ccc(N=Nc5ccc(CCO)cc5)c5ccccc45)ccc(c23)N1. The first kappa shape index (κ1) is 25.6. The van der Waals surface area contributed by atoms with Gasteiger partial charge in [0.25, 0.3) is 0 Å². The number of aliphatic hydroxyl groups excluding tert-OH is 2. The number of nitrogens with zero attached hydrogens (tertiary/aromatic N) is 4. The number of hydrogen-bond acceptors (Lipinski definition) is 8. The average molecular weight is 531 g/mol. The summed E-state index contributed by atoms with van der Waals surface area (Å²) in [7, 11) is 0. The Morgan fingerprint density at radius 2 is 1.18 bits per heavy atom. The van der Waals surface area contributed by atoms with Crippen LogP contribution in [0.25, 0.3) is 21.5 Å². The molecule has 0 spiro atoms. The second-order valence-electron chi connectivity index (χ2n) is 10.1. The van der Waals surface area contributed by atoms with Crippen molar-refractivity contribution in [2.75, 3.05) is 23.8 Å². The highest BCUT2D eigenvalue weighted by molar-refractivity contribution is 6.09. The molecule has 1 aliphatic rings. The predicted molar refractivity (Wildman–Crippen MR) is 161 cm³/mol. The molecule has 0 bridgehead atoms. The molecule has 0 fully saturated rings. The second-order valence-corrected chi connectivity index (χ2v) is 10.1. The van der Waals surface area contributed by atoms with Crippen molar-refractivity contribution < 1.29 is 10.2 Å². The van der Waals surface area contributed by atoms with Crippen LogP contribution in [0, 0.1) is 0 Å². The number of rotatable bonds is 8. The second kappa shape index (κ2) is 10.8. The Hall–Kier alpha value is -4.66. The summed E-state index contributed by atoms with van der Waals surface area (Å²) in [5, 5.41) is 47.9. The van der Waals surface area contributed by atoms with Gasteiger partial charge in [-0.05, 0) is 61.4 Å². The normalized spacial score (nSPS) is 16.6. The van der Waals surface area contributed by atoms with E-state index >= 15 is 0 Å². The van der Waals surface area contributed by atoms with Crippen LogP contribution in [0.3, 0.4) is 0 Å². The van der Waals surface area contributed by atoms with Gasteiger partial charge in [-0.15, -0.1) is 15.3 Å². The van der Waals surface area contributed by atoms with E-state index in [1.807, 2.05) is 97.9 Å². The Bertz CT molecular complexity index is 1730. The summed E-state index contributed by atoms with van der Waals surface area (Å²) >= 11 is 0. The molecule has 0 radical (unpaired) electrons. The monoisotopic (exact) mass is 530 g/mol. The van der Waals surface area contributed by atoms with Crippen LogP contribution in [-0.2, 0) is 6.42 Å². The molecule has 0 amide bonds. The van der Waals surface area contributed by atoms with Gasteiger partial charge in [0.15, 0.2) is 0 Å². The topological polar surface area (TPSA) is 114 Å². The van der Waals surface area contributed by atoms with Crippen molar-refractivity contribution in [2.45, 2.75) is 25.4 Å². The lowest BCUT2D eigenvalue weighted by Crippen LogP contribution is -2.45. The van der Waals surface area contributed by atoms with Crippen LogP contribution in [0.15, 0.2) is 111 Å². The van der Waals surface area contributed by atoms with Gasteiger partial charge in [0.2, 0.25) is 0 Å². The summed E-state index contributed by atoms with van der Waals surface area (Å²) in [4.78, 5) is 0. The van der Waals surface area contributed by atoms with E-state index in [0.29, 0.717) is 12.8 Å². The van der Waals surface area contributed by atoms with E-state index in [2.05, 4.69) is 31.1 Å². The lowest BCUT2D eigenvalue weighted by atomic mass is 9.97. The van der Waals surface area contributed by atoms with Gasteiger partial charge in [-0.25, -0.2) is 0 Å².